The molecular formula is C19H18N6O2. The number of nitrogens with one attached hydrogen (secondary N) is 2. The Hall–Kier alpha value is -3.42. The zero-order valence-electron chi connectivity index (χ0n) is 14.5. The molecule has 0 radical (unpaired) electrons. The molecular weight excluding hydrogens is 344 g/mol. The molecule has 5 rings (SSSR count). The minimum absolute atomic E-state index is 0.111. The minimum Gasteiger partial charge on any atom is -0.481 e. The van der Waals surface area contributed by atoms with Gasteiger partial charge < -0.3 is 15.4 Å². The van der Waals surface area contributed by atoms with Gasteiger partial charge in [0.05, 0.1) is 12.0 Å². The first-order chi connectivity index (χ1) is 13.2. The summed E-state index contributed by atoms with van der Waals surface area (Å²) in [5.74, 6) is 0.00751. The molecule has 0 atom stereocenters. The van der Waals surface area contributed by atoms with Crippen molar-refractivity contribution in [2.45, 2.75) is 31.7 Å². The van der Waals surface area contributed by atoms with E-state index in [1.807, 2.05) is 30.3 Å². The van der Waals surface area contributed by atoms with Gasteiger partial charge in [-0.15, -0.1) is 0 Å². The van der Waals surface area contributed by atoms with Crippen molar-refractivity contribution in [2.75, 3.05) is 5.32 Å². The molecule has 4 aromatic rings. The number of imidazole rings is 1. The van der Waals surface area contributed by atoms with Gasteiger partial charge >= 0.3 is 5.97 Å². The van der Waals surface area contributed by atoms with Crippen LogP contribution in [0.1, 0.15) is 24.8 Å². The summed E-state index contributed by atoms with van der Waals surface area (Å²) >= 11 is 0. The quantitative estimate of drug-likeness (QED) is 0.487. The number of fused-ring (bicyclic) bond motifs is 3. The van der Waals surface area contributed by atoms with Crippen molar-refractivity contribution in [3.8, 4) is 11.3 Å². The monoisotopic (exact) mass is 362 g/mol. The van der Waals surface area contributed by atoms with E-state index < -0.39 is 5.97 Å². The molecule has 1 saturated carbocycles. The van der Waals surface area contributed by atoms with E-state index in [-0.39, 0.29) is 6.42 Å². The van der Waals surface area contributed by atoms with E-state index in [2.05, 4.69) is 20.4 Å². The molecule has 1 aliphatic carbocycles. The van der Waals surface area contributed by atoms with Gasteiger partial charge in [-0.25, -0.2) is 9.97 Å². The van der Waals surface area contributed by atoms with Gasteiger partial charge in [-0.1, -0.05) is 18.2 Å². The Bertz CT molecular complexity index is 1160. The molecule has 27 heavy (non-hydrogen) atoms. The number of nitrogens with zero attached hydrogens (tertiary/aromatic N) is 4. The maximum absolute atomic E-state index is 10.8. The molecule has 1 aromatic carbocycles. The van der Waals surface area contributed by atoms with Crippen LogP contribution in [0.25, 0.3) is 28.1 Å². The number of aliphatic carboxylic acids is 1. The lowest BCUT2D eigenvalue weighted by Gasteiger charge is -2.05. The number of benzene rings is 1. The Morgan fingerprint density at radius 1 is 1.33 bits per heavy atom. The number of carboxylic acids is 1. The van der Waals surface area contributed by atoms with E-state index >= 15 is 0 Å². The van der Waals surface area contributed by atoms with Gasteiger partial charge in [0.15, 0.2) is 17.1 Å². The zero-order valence-corrected chi connectivity index (χ0v) is 14.5. The van der Waals surface area contributed by atoms with Gasteiger partial charge in [-0.05, 0) is 30.9 Å². The van der Waals surface area contributed by atoms with E-state index in [9.17, 15) is 4.79 Å². The van der Waals surface area contributed by atoms with Crippen LogP contribution in [0.5, 0.6) is 0 Å². The molecule has 0 amide bonds. The summed E-state index contributed by atoms with van der Waals surface area (Å²) in [5, 5.41) is 17.0. The number of aromatic nitrogens is 5. The Morgan fingerprint density at radius 2 is 2.22 bits per heavy atom. The molecule has 1 fully saturated rings. The summed E-state index contributed by atoms with van der Waals surface area (Å²) in [5.41, 5.74) is 5.00. The van der Waals surface area contributed by atoms with E-state index in [0.29, 0.717) is 12.5 Å². The van der Waals surface area contributed by atoms with Crippen molar-refractivity contribution in [1.82, 2.24) is 24.6 Å². The summed E-state index contributed by atoms with van der Waals surface area (Å²) in [6.07, 6.45) is 4.58. The number of carbonyl (C=O) groups is 1. The van der Waals surface area contributed by atoms with Gasteiger partial charge in [-0.2, -0.15) is 9.61 Å². The Kier molecular flexibility index (Phi) is 3.56. The number of anilines is 1. The molecule has 0 spiro atoms. The highest BCUT2D eigenvalue weighted by Gasteiger charge is 2.24. The normalized spacial score (nSPS) is 14.1. The highest BCUT2D eigenvalue weighted by atomic mass is 16.4. The van der Waals surface area contributed by atoms with Crippen molar-refractivity contribution in [2.24, 2.45) is 0 Å². The van der Waals surface area contributed by atoms with Gasteiger partial charge in [0.1, 0.15) is 5.52 Å². The molecule has 136 valence electrons. The van der Waals surface area contributed by atoms with Crippen molar-refractivity contribution in [1.29, 1.82) is 0 Å². The average molecular weight is 362 g/mol. The van der Waals surface area contributed by atoms with Crippen LogP contribution in [0.2, 0.25) is 0 Å². The van der Waals surface area contributed by atoms with Crippen LogP contribution in [-0.2, 0) is 11.2 Å². The van der Waals surface area contributed by atoms with Crippen molar-refractivity contribution >= 4 is 28.6 Å². The molecule has 0 unspecified atom stereocenters. The second-order valence-corrected chi connectivity index (χ2v) is 6.87. The van der Waals surface area contributed by atoms with Crippen LogP contribution in [0.15, 0.2) is 36.7 Å². The first-order valence-corrected chi connectivity index (χ1v) is 8.98. The summed E-state index contributed by atoms with van der Waals surface area (Å²) in [6, 6.07) is 10.2. The summed E-state index contributed by atoms with van der Waals surface area (Å²) in [7, 11) is 0. The number of aromatic amines is 1. The predicted octanol–water partition coefficient (Wildman–Crippen LogP) is 2.86. The Labute approximate surface area is 154 Å². The van der Waals surface area contributed by atoms with Crippen LogP contribution < -0.4 is 5.32 Å². The molecule has 1 aliphatic rings. The molecule has 0 aliphatic heterocycles. The smallest absolute Gasteiger partial charge is 0.303 e. The van der Waals surface area contributed by atoms with Crippen LogP contribution in [0, 0.1) is 0 Å². The van der Waals surface area contributed by atoms with Gasteiger partial charge in [-0.3, -0.25) is 4.79 Å². The summed E-state index contributed by atoms with van der Waals surface area (Å²) in [6.45, 7) is 0. The molecule has 0 bridgehead atoms. The van der Waals surface area contributed by atoms with E-state index in [0.717, 1.165) is 52.3 Å². The van der Waals surface area contributed by atoms with Crippen molar-refractivity contribution in [3.05, 3.63) is 42.2 Å². The number of rotatable bonds is 6. The minimum atomic E-state index is -0.797. The van der Waals surface area contributed by atoms with E-state index in [1.165, 1.54) is 0 Å². The average Bonchev–Trinajstić information content (AvgIpc) is 3.17. The highest BCUT2D eigenvalue weighted by molar-refractivity contribution is 5.86. The third-order valence-electron chi connectivity index (χ3n) is 4.74. The maximum Gasteiger partial charge on any atom is 0.303 e. The summed E-state index contributed by atoms with van der Waals surface area (Å²) < 4.78 is 1.74. The largest absolute Gasteiger partial charge is 0.481 e. The zero-order chi connectivity index (χ0) is 18.4. The Morgan fingerprint density at radius 3 is 3.04 bits per heavy atom. The van der Waals surface area contributed by atoms with Gasteiger partial charge in [0.2, 0.25) is 0 Å². The second kappa shape index (κ2) is 6.08. The fourth-order valence-corrected chi connectivity index (χ4v) is 3.20. The first-order valence-electron chi connectivity index (χ1n) is 8.98. The molecule has 3 aromatic heterocycles. The van der Waals surface area contributed by atoms with E-state index in [1.54, 1.807) is 10.8 Å². The second-order valence-electron chi connectivity index (χ2n) is 6.87. The van der Waals surface area contributed by atoms with E-state index in [4.69, 9.17) is 10.1 Å². The number of hydrogen-bond donors (Lipinski definition) is 3. The van der Waals surface area contributed by atoms with Crippen molar-refractivity contribution < 1.29 is 9.90 Å². The SMILES string of the molecule is O=C(O)CCc1cccc(-c2cc3nc(NC4CC4)c4[nH]cnc4n3n2)c1. The highest BCUT2D eigenvalue weighted by Crippen LogP contribution is 2.29. The van der Waals surface area contributed by atoms with Crippen LogP contribution in [0.3, 0.4) is 0 Å². The van der Waals surface area contributed by atoms with Crippen LogP contribution in [-0.4, -0.2) is 41.7 Å². The predicted molar refractivity (Wildman–Crippen MR) is 101 cm³/mol. The number of hydrogen-bond acceptors (Lipinski definition) is 5. The fraction of sp³-hybridized carbons (Fsp3) is 0.263. The maximum atomic E-state index is 10.8. The van der Waals surface area contributed by atoms with Crippen LogP contribution in [0.4, 0.5) is 5.82 Å². The van der Waals surface area contributed by atoms with Gasteiger partial charge in [0, 0.05) is 24.1 Å². The number of H-pyrrole nitrogens is 1. The summed E-state index contributed by atoms with van der Waals surface area (Å²) in [4.78, 5) is 23.1. The lowest BCUT2D eigenvalue weighted by molar-refractivity contribution is -0.136. The fourth-order valence-electron chi connectivity index (χ4n) is 3.20. The van der Waals surface area contributed by atoms with Gasteiger partial charge in [0.25, 0.3) is 0 Å². The van der Waals surface area contributed by atoms with Crippen LogP contribution >= 0.6 is 0 Å². The molecule has 8 heteroatoms. The topological polar surface area (TPSA) is 108 Å². The molecule has 0 saturated heterocycles. The van der Waals surface area contributed by atoms with Crippen molar-refractivity contribution in [3.63, 3.8) is 0 Å². The molecule has 3 heterocycles. The first kappa shape index (κ1) is 15.8. The lowest BCUT2D eigenvalue weighted by Crippen LogP contribution is -2.06. The third-order valence-corrected chi connectivity index (χ3v) is 4.74. The Balaban J connectivity index is 1.56. The number of carboxylic acid groups (broad SMARTS) is 1. The molecule has 8 nitrogen and oxygen atoms in total. The lowest BCUT2D eigenvalue weighted by atomic mass is 10.0. The standard InChI is InChI=1S/C19H18N6O2/c26-16(27)7-4-11-2-1-3-12(8-11)14-9-15-23-18(22-13-5-6-13)17-19(21-10-20-17)25(15)24-14/h1-3,8-10,13H,4-7H2,(H,20,21)(H,22,23)(H,26,27). The molecule has 3 N–H and O–H groups in total. The third kappa shape index (κ3) is 2.99. The number of aryl methyl sites for hydroxylation is 1.